The summed E-state index contributed by atoms with van der Waals surface area (Å²) in [5.74, 6) is -0.409. The molecule has 13 nitrogen and oxygen atoms in total. The Morgan fingerprint density at radius 2 is 1.93 bits per heavy atom. The van der Waals surface area contributed by atoms with E-state index in [-0.39, 0.29) is 41.7 Å². The van der Waals surface area contributed by atoms with Crippen LogP contribution in [0, 0.1) is 11.6 Å². The van der Waals surface area contributed by atoms with Gasteiger partial charge in [-0.1, -0.05) is 0 Å². The predicted molar refractivity (Wildman–Crippen MR) is 154 cm³/mol. The molecule has 1 atom stereocenters. The number of hydrogen-bond donors (Lipinski definition) is 1. The van der Waals surface area contributed by atoms with Gasteiger partial charge in [-0.15, -0.1) is 0 Å². The number of amides is 1. The van der Waals surface area contributed by atoms with Crippen LogP contribution in [0.15, 0.2) is 49.3 Å². The molecule has 44 heavy (non-hydrogen) atoms. The molecule has 0 radical (unpaired) electrons. The average molecular weight is 604 g/mol. The minimum atomic E-state index is -0.792. The number of rotatable bonds is 4. The van der Waals surface area contributed by atoms with Gasteiger partial charge in [-0.3, -0.25) is 0 Å². The van der Waals surface area contributed by atoms with E-state index in [9.17, 15) is 4.79 Å². The minimum absolute atomic E-state index is 0.153. The van der Waals surface area contributed by atoms with Gasteiger partial charge in [0.05, 0.1) is 28.8 Å². The van der Waals surface area contributed by atoms with Crippen molar-refractivity contribution in [2.75, 3.05) is 36.5 Å². The Hall–Kier alpha value is -5.34. The van der Waals surface area contributed by atoms with Gasteiger partial charge in [-0.25, -0.2) is 38.0 Å². The number of hydrogen-bond acceptors (Lipinski definition) is 11. The number of aromatic nitrogens is 6. The van der Waals surface area contributed by atoms with Crippen molar-refractivity contribution in [3.05, 3.63) is 60.9 Å². The van der Waals surface area contributed by atoms with Crippen LogP contribution in [0.4, 0.5) is 30.9 Å². The van der Waals surface area contributed by atoms with Crippen LogP contribution in [0.5, 0.6) is 17.2 Å². The first kappa shape index (κ1) is 27.5. The molecule has 0 unspecified atom stereocenters. The highest BCUT2D eigenvalue weighted by Crippen LogP contribution is 2.42. The molecule has 226 valence electrons. The third-order valence-corrected chi connectivity index (χ3v) is 7.20. The number of piperazine rings is 1. The maximum absolute atomic E-state index is 15.3. The molecule has 15 heteroatoms. The summed E-state index contributed by atoms with van der Waals surface area (Å²) < 4.78 is 49.3. The molecule has 1 saturated heterocycles. The normalized spacial score (nSPS) is 16.3. The van der Waals surface area contributed by atoms with Crippen LogP contribution in [0.1, 0.15) is 20.8 Å². The van der Waals surface area contributed by atoms with Gasteiger partial charge < -0.3 is 29.3 Å². The maximum atomic E-state index is 15.3. The quantitative estimate of drug-likeness (QED) is 0.307. The van der Waals surface area contributed by atoms with Crippen molar-refractivity contribution in [1.82, 2.24) is 34.4 Å². The van der Waals surface area contributed by atoms with E-state index in [1.54, 1.807) is 29.4 Å². The molecule has 0 bridgehead atoms. The van der Waals surface area contributed by atoms with Crippen LogP contribution in [-0.4, -0.2) is 78.4 Å². The van der Waals surface area contributed by atoms with Gasteiger partial charge >= 0.3 is 6.09 Å². The number of benzene rings is 1. The lowest BCUT2D eigenvalue weighted by atomic mass is 10.1. The first-order valence-corrected chi connectivity index (χ1v) is 13.9. The van der Waals surface area contributed by atoms with E-state index >= 15 is 8.78 Å². The highest BCUT2D eigenvalue weighted by molar-refractivity contribution is 5.98. The average Bonchev–Trinajstić information content (AvgIpc) is 3.46. The van der Waals surface area contributed by atoms with Crippen LogP contribution in [0.2, 0.25) is 0 Å². The second kappa shape index (κ2) is 10.4. The molecule has 6 heterocycles. The molecule has 2 aliphatic heterocycles. The second-order valence-electron chi connectivity index (χ2n) is 11.4. The SMILES string of the molecule is CC(C)(C)OC(=O)N1CCN2c3ncc4ncnc(Nc5cc(F)c(Oc6ccn7ncnc7c6)cc5F)c4c3OC[C@H]2C1. The van der Waals surface area contributed by atoms with Crippen LogP contribution in [-0.2, 0) is 4.74 Å². The van der Waals surface area contributed by atoms with Crippen LogP contribution < -0.4 is 19.7 Å². The summed E-state index contributed by atoms with van der Waals surface area (Å²) in [6, 6.07) is 4.92. The predicted octanol–water partition coefficient (Wildman–Crippen LogP) is 4.70. The molecule has 0 spiro atoms. The summed E-state index contributed by atoms with van der Waals surface area (Å²) in [6.45, 7) is 7.08. The molecular weight excluding hydrogens is 576 g/mol. The maximum Gasteiger partial charge on any atom is 0.410 e. The lowest BCUT2D eigenvalue weighted by molar-refractivity contribution is 0.0194. The van der Waals surface area contributed by atoms with Crippen molar-refractivity contribution in [2.45, 2.75) is 32.4 Å². The van der Waals surface area contributed by atoms with Crippen LogP contribution in [0.25, 0.3) is 16.6 Å². The van der Waals surface area contributed by atoms with Gasteiger partial charge in [-0.05, 0) is 26.8 Å². The summed E-state index contributed by atoms with van der Waals surface area (Å²) in [5, 5.41) is 7.36. The standard InChI is InChI=1S/C29H27F2N9O4/c1-29(2,3)44-28(41)38-6-7-39-16(12-38)13-42-25-24-21(11-32-27(25)39)33-14-35-26(24)37-20-9-19(31)22(10-18(20)30)43-17-4-5-40-23(8-17)34-15-36-40/h4-5,8-11,14-16H,6-7,12-13H2,1-3H3,(H,33,35,37)/t16-/m1/s1. The van der Waals surface area contributed by atoms with Gasteiger partial charge in [0.1, 0.15) is 36.4 Å². The fraction of sp³-hybridized carbons (Fsp3) is 0.310. The lowest BCUT2D eigenvalue weighted by Gasteiger charge is -2.44. The van der Waals surface area contributed by atoms with Crippen molar-refractivity contribution < 1.29 is 27.8 Å². The number of carbonyl (C=O) groups is 1. The highest BCUT2D eigenvalue weighted by Gasteiger charge is 2.38. The molecular formula is C29H27F2N9O4. The number of pyridine rings is 2. The monoisotopic (exact) mass is 603 g/mol. The van der Waals surface area contributed by atoms with Gasteiger partial charge in [0, 0.05) is 44.0 Å². The second-order valence-corrected chi connectivity index (χ2v) is 11.4. The Balaban J connectivity index is 1.15. The van der Waals surface area contributed by atoms with Crippen molar-refractivity contribution >= 4 is 40.0 Å². The van der Waals surface area contributed by atoms with Crippen molar-refractivity contribution in [3.63, 3.8) is 0 Å². The molecule has 1 N–H and O–H groups in total. The van der Waals surface area contributed by atoms with Gasteiger partial charge in [0.2, 0.25) is 0 Å². The van der Waals surface area contributed by atoms with Crippen LogP contribution >= 0.6 is 0 Å². The third-order valence-electron chi connectivity index (χ3n) is 7.20. The first-order chi connectivity index (χ1) is 21.1. The van der Waals surface area contributed by atoms with E-state index in [0.29, 0.717) is 47.8 Å². The molecule has 4 aromatic heterocycles. The molecule has 0 saturated carbocycles. The molecule has 1 aromatic carbocycles. The Morgan fingerprint density at radius 3 is 2.77 bits per heavy atom. The number of ether oxygens (including phenoxy) is 3. The third kappa shape index (κ3) is 5.09. The number of carbonyl (C=O) groups excluding carboxylic acids is 1. The first-order valence-electron chi connectivity index (χ1n) is 13.9. The van der Waals surface area contributed by atoms with Gasteiger partial charge in [0.15, 0.2) is 34.6 Å². The van der Waals surface area contributed by atoms with Gasteiger partial charge in [0.25, 0.3) is 0 Å². The van der Waals surface area contributed by atoms with Crippen LogP contribution in [0.3, 0.4) is 0 Å². The molecule has 1 amide bonds. The van der Waals surface area contributed by atoms with E-state index in [1.165, 1.54) is 17.2 Å². The summed E-state index contributed by atoms with van der Waals surface area (Å²) in [6.07, 6.45) is 5.48. The molecule has 0 aliphatic carbocycles. The Morgan fingerprint density at radius 1 is 1.07 bits per heavy atom. The molecule has 1 fully saturated rings. The number of nitrogens with one attached hydrogen (secondary N) is 1. The minimum Gasteiger partial charge on any atom is -0.487 e. The fourth-order valence-electron chi connectivity index (χ4n) is 5.22. The molecule has 2 aliphatic rings. The summed E-state index contributed by atoms with van der Waals surface area (Å²) in [7, 11) is 0. The van der Waals surface area contributed by atoms with Crippen molar-refractivity contribution in [1.29, 1.82) is 0 Å². The zero-order valence-electron chi connectivity index (χ0n) is 24.0. The zero-order chi connectivity index (χ0) is 30.6. The summed E-state index contributed by atoms with van der Waals surface area (Å²) in [4.78, 5) is 33.7. The largest absolute Gasteiger partial charge is 0.487 e. The fourth-order valence-corrected chi connectivity index (χ4v) is 5.22. The number of halogens is 2. The highest BCUT2D eigenvalue weighted by atomic mass is 19.1. The Kier molecular flexibility index (Phi) is 6.52. The van der Waals surface area contributed by atoms with E-state index in [4.69, 9.17) is 14.2 Å². The number of anilines is 3. The Bertz CT molecular complexity index is 1910. The summed E-state index contributed by atoms with van der Waals surface area (Å²) >= 11 is 0. The number of fused-ring (bicyclic) bond motifs is 6. The van der Waals surface area contributed by atoms with Gasteiger partial charge in [-0.2, -0.15) is 5.10 Å². The van der Waals surface area contributed by atoms with E-state index in [2.05, 4.69) is 35.3 Å². The van der Waals surface area contributed by atoms with E-state index in [0.717, 1.165) is 12.1 Å². The topological polar surface area (TPSA) is 132 Å². The molecule has 7 rings (SSSR count). The smallest absolute Gasteiger partial charge is 0.410 e. The molecule has 5 aromatic rings. The zero-order valence-corrected chi connectivity index (χ0v) is 24.0. The lowest BCUT2D eigenvalue weighted by Crippen LogP contribution is -2.59. The number of nitrogens with zero attached hydrogens (tertiary/aromatic N) is 8. The van der Waals surface area contributed by atoms with Crippen molar-refractivity contribution in [3.8, 4) is 17.2 Å². The van der Waals surface area contributed by atoms with Crippen molar-refractivity contribution in [2.24, 2.45) is 0 Å². The van der Waals surface area contributed by atoms with E-state index in [1.807, 2.05) is 20.8 Å². The summed E-state index contributed by atoms with van der Waals surface area (Å²) in [5.41, 5.74) is 0.190. The van der Waals surface area contributed by atoms with E-state index < -0.39 is 17.2 Å². The Labute approximate surface area is 249 Å².